The van der Waals surface area contributed by atoms with Crippen LogP contribution >= 0.6 is 11.6 Å². The number of methoxy groups -OCH3 is 1. The predicted octanol–water partition coefficient (Wildman–Crippen LogP) is 3.11. The number of ether oxygens (including phenoxy) is 1. The lowest BCUT2D eigenvalue weighted by Gasteiger charge is -2.07. The fraction of sp³-hybridized carbons (Fsp3) is 0.0769. The van der Waals surface area contributed by atoms with Crippen molar-refractivity contribution in [2.75, 3.05) is 7.11 Å². The van der Waals surface area contributed by atoms with Crippen molar-refractivity contribution in [3.63, 3.8) is 0 Å². The summed E-state index contributed by atoms with van der Waals surface area (Å²) in [7, 11) is 1.54. The molecule has 0 spiro atoms. The Balaban J connectivity index is 2.54. The smallest absolute Gasteiger partial charge is 0.335 e. The number of hydrogen-bond acceptors (Lipinski definition) is 3. The quantitative estimate of drug-likeness (QED) is 0.924. The third kappa shape index (κ3) is 2.43. The molecule has 2 rings (SSSR count). The molecule has 0 saturated heterocycles. The number of aromatic nitrogens is 1. The summed E-state index contributed by atoms with van der Waals surface area (Å²) in [5.74, 6) is -0.409. The molecule has 0 radical (unpaired) electrons. The molecular weight excluding hydrogens is 254 g/mol. The maximum atomic E-state index is 10.9. The largest absolute Gasteiger partial charge is 0.495 e. The van der Waals surface area contributed by atoms with E-state index in [1.165, 1.54) is 19.2 Å². The Labute approximate surface area is 109 Å². The summed E-state index contributed by atoms with van der Waals surface area (Å²) in [6.07, 6.45) is 3.17. The first-order chi connectivity index (χ1) is 8.61. The van der Waals surface area contributed by atoms with Crippen molar-refractivity contribution in [2.45, 2.75) is 0 Å². The Bertz CT molecular complexity index is 599. The molecule has 18 heavy (non-hydrogen) atoms. The van der Waals surface area contributed by atoms with E-state index in [1.807, 2.05) is 0 Å². The van der Waals surface area contributed by atoms with E-state index >= 15 is 0 Å². The average molecular weight is 264 g/mol. The first kappa shape index (κ1) is 12.4. The van der Waals surface area contributed by atoms with Crippen LogP contribution in [0.2, 0.25) is 5.02 Å². The van der Waals surface area contributed by atoms with E-state index in [4.69, 9.17) is 21.4 Å². The van der Waals surface area contributed by atoms with Gasteiger partial charge in [0, 0.05) is 22.3 Å². The number of rotatable bonds is 3. The Kier molecular flexibility index (Phi) is 3.48. The molecule has 0 aliphatic rings. The molecule has 0 atom stereocenters. The molecule has 0 saturated carbocycles. The van der Waals surface area contributed by atoms with Crippen LogP contribution in [0.25, 0.3) is 11.1 Å². The second-order valence-electron chi connectivity index (χ2n) is 3.61. The van der Waals surface area contributed by atoms with Gasteiger partial charge in [-0.25, -0.2) is 4.79 Å². The summed E-state index contributed by atoms with van der Waals surface area (Å²) in [4.78, 5) is 15.0. The van der Waals surface area contributed by atoms with Gasteiger partial charge >= 0.3 is 5.97 Å². The van der Waals surface area contributed by atoms with Crippen molar-refractivity contribution in [1.29, 1.82) is 0 Å². The van der Waals surface area contributed by atoms with Crippen molar-refractivity contribution in [3.05, 3.63) is 47.2 Å². The van der Waals surface area contributed by atoms with E-state index in [9.17, 15) is 4.79 Å². The van der Waals surface area contributed by atoms with Gasteiger partial charge in [-0.05, 0) is 24.3 Å². The van der Waals surface area contributed by atoms with Gasteiger partial charge in [-0.2, -0.15) is 0 Å². The topological polar surface area (TPSA) is 59.4 Å². The number of carbonyl (C=O) groups is 1. The Morgan fingerprint density at radius 2 is 2.11 bits per heavy atom. The maximum absolute atomic E-state index is 10.9. The number of nitrogens with zero attached hydrogens (tertiary/aromatic N) is 1. The fourth-order valence-corrected chi connectivity index (χ4v) is 1.78. The molecule has 5 heteroatoms. The van der Waals surface area contributed by atoms with Gasteiger partial charge in [-0.15, -0.1) is 0 Å². The molecule has 0 aliphatic carbocycles. The molecule has 0 bridgehead atoms. The first-order valence-electron chi connectivity index (χ1n) is 5.14. The van der Waals surface area contributed by atoms with E-state index in [2.05, 4.69) is 4.98 Å². The summed E-state index contributed by atoms with van der Waals surface area (Å²) in [6.45, 7) is 0. The lowest BCUT2D eigenvalue weighted by atomic mass is 10.0. The third-order valence-corrected chi connectivity index (χ3v) is 2.80. The number of hydrogen-bond donors (Lipinski definition) is 1. The highest BCUT2D eigenvalue weighted by atomic mass is 35.5. The van der Waals surface area contributed by atoms with Crippen LogP contribution < -0.4 is 4.74 Å². The second-order valence-corrected chi connectivity index (χ2v) is 4.02. The standard InChI is InChI=1S/C13H10ClNO3/c1-18-10-4-9(6-15-7-10)11-5-8(13(16)17)2-3-12(11)14/h2-7H,1H3,(H,16,17). The van der Waals surface area contributed by atoms with Crippen LogP contribution in [0, 0.1) is 0 Å². The molecule has 1 aromatic carbocycles. The molecule has 4 nitrogen and oxygen atoms in total. The summed E-state index contributed by atoms with van der Waals surface area (Å²) >= 11 is 6.07. The van der Waals surface area contributed by atoms with E-state index in [1.54, 1.807) is 24.5 Å². The van der Waals surface area contributed by atoms with Gasteiger partial charge in [0.25, 0.3) is 0 Å². The van der Waals surface area contributed by atoms with E-state index < -0.39 is 5.97 Å². The van der Waals surface area contributed by atoms with Gasteiger partial charge in [0.1, 0.15) is 5.75 Å². The minimum Gasteiger partial charge on any atom is -0.495 e. The van der Waals surface area contributed by atoms with E-state index in [-0.39, 0.29) is 5.56 Å². The Hall–Kier alpha value is -2.07. The summed E-state index contributed by atoms with van der Waals surface area (Å²) in [6, 6.07) is 6.28. The van der Waals surface area contributed by atoms with Crippen molar-refractivity contribution < 1.29 is 14.6 Å². The van der Waals surface area contributed by atoms with Crippen LogP contribution in [0.4, 0.5) is 0 Å². The number of pyridine rings is 1. The highest BCUT2D eigenvalue weighted by Gasteiger charge is 2.10. The van der Waals surface area contributed by atoms with Gasteiger partial charge in [0.15, 0.2) is 0 Å². The van der Waals surface area contributed by atoms with Crippen LogP contribution in [0.5, 0.6) is 5.75 Å². The number of benzene rings is 1. The fourth-order valence-electron chi connectivity index (χ4n) is 1.56. The van der Waals surface area contributed by atoms with E-state index in [0.717, 1.165) is 0 Å². The van der Waals surface area contributed by atoms with Crippen LogP contribution in [-0.4, -0.2) is 23.2 Å². The van der Waals surface area contributed by atoms with Gasteiger partial charge < -0.3 is 9.84 Å². The molecule has 0 fully saturated rings. The lowest BCUT2D eigenvalue weighted by molar-refractivity contribution is 0.0697. The monoisotopic (exact) mass is 263 g/mol. The molecule has 0 amide bonds. The zero-order valence-corrected chi connectivity index (χ0v) is 10.3. The van der Waals surface area contributed by atoms with Crippen molar-refractivity contribution in [3.8, 4) is 16.9 Å². The third-order valence-electron chi connectivity index (χ3n) is 2.47. The van der Waals surface area contributed by atoms with Crippen LogP contribution in [0.1, 0.15) is 10.4 Å². The molecular formula is C13H10ClNO3. The lowest BCUT2D eigenvalue weighted by Crippen LogP contribution is -1.96. The van der Waals surface area contributed by atoms with Crippen molar-refractivity contribution >= 4 is 17.6 Å². The second kappa shape index (κ2) is 5.06. The minimum absolute atomic E-state index is 0.178. The molecule has 2 aromatic rings. The molecule has 1 heterocycles. The van der Waals surface area contributed by atoms with Crippen molar-refractivity contribution in [2.24, 2.45) is 0 Å². The average Bonchev–Trinajstić information content (AvgIpc) is 2.39. The maximum Gasteiger partial charge on any atom is 0.335 e. The normalized spacial score (nSPS) is 10.1. The van der Waals surface area contributed by atoms with E-state index in [0.29, 0.717) is 21.9 Å². The first-order valence-corrected chi connectivity index (χ1v) is 5.52. The minimum atomic E-state index is -0.997. The Morgan fingerprint density at radius 3 is 2.78 bits per heavy atom. The van der Waals surface area contributed by atoms with Crippen LogP contribution in [0.15, 0.2) is 36.7 Å². The molecule has 1 aromatic heterocycles. The van der Waals surface area contributed by atoms with Crippen LogP contribution in [-0.2, 0) is 0 Å². The zero-order chi connectivity index (χ0) is 13.1. The molecule has 92 valence electrons. The summed E-state index contributed by atoms with van der Waals surface area (Å²) < 4.78 is 5.07. The number of aromatic carboxylic acids is 1. The summed E-state index contributed by atoms with van der Waals surface area (Å²) in [5, 5.41) is 9.43. The van der Waals surface area contributed by atoms with Crippen molar-refractivity contribution in [1.82, 2.24) is 4.98 Å². The van der Waals surface area contributed by atoms with Gasteiger partial charge in [-0.1, -0.05) is 11.6 Å². The molecule has 1 N–H and O–H groups in total. The number of carboxylic acid groups (broad SMARTS) is 1. The highest BCUT2D eigenvalue weighted by Crippen LogP contribution is 2.30. The number of carboxylic acids is 1. The highest BCUT2D eigenvalue weighted by molar-refractivity contribution is 6.33. The number of halogens is 1. The zero-order valence-electron chi connectivity index (χ0n) is 9.55. The Morgan fingerprint density at radius 1 is 1.33 bits per heavy atom. The van der Waals surface area contributed by atoms with Crippen LogP contribution in [0.3, 0.4) is 0 Å². The molecule has 0 unspecified atom stereocenters. The SMILES string of the molecule is COc1cncc(-c2cc(C(=O)O)ccc2Cl)c1. The van der Waals surface area contributed by atoms with Gasteiger partial charge in [0.2, 0.25) is 0 Å². The van der Waals surface area contributed by atoms with Gasteiger partial charge in [0.05, 0.1) is 18.9 Å². The van der Waals surface area contributed by atoms with Gasteiger partial charge in [-0.3, -0.25) is 4.98 Å². The summed E-state index contributed by atoms with van der Waals surface area (Å²) in [5.41, 5.74) is 1.50. The molecule has 0 aliphatic heterocycles. The predicted molar refractivity (Wildman–Crippen MR) is 68.2 cm³/mol.